The molecule has 1 aliphatic rings. The van der Waals surface area contributed by atoms with E-state index in [2.05, 4.69) is 10.0 Å². The highest BCUT2D eigenvalue weighted by molar-refractivity contribution is 7.89. The van der Waals surface area contributed by atoms with E-state index < -0.39 is 32.5 Å². The van der Waals surface area contributed by atoms with Crippen molar-refractivity contribution in [2.45, 2.75) is 29.1 Å². The molecule has 2 aromatic rings. The third-order valence-corrected chi connectivity index (χ3v) is 8.50. The second kappa shape index (κ2) is 10.5. The van der Waals surface area contributed by atoms with Crippen LogP contribution in [-0.2, 0) is 24.8 Å². The molecule has 0 aliphatic carbocycles. The van der Waals surface area contributed by atoms with Crippen LogP contribution in [0.15, 0.2) is 52.3 Å². The molecule has 0 saturated carbocycles. The predicted octanol–water partition coefficient (Wildman–Crippen LogP) is 1.80. The molecule has 1 fully saturated rings. The van der Waals surface area contributed by atoms with Crippen LogP contribution in [0.25, 0.3) is 0 Å². The Morgan fingerprint density at radius 2 is 1.55 bits per heavy atom. The number of sulfonamides is 2. The molecule has 2 N–H and O–H groups in total. The zero-order valence-electron chi connectivity index (χ0n) is 18.4. The largest absolute Gasteiger partial charge is 0.497 e. The summed E-state index contributed by atoms with van der Waals surface area (Å²) in [7, 11) is -4.80. The minimum Gasteiger partial charge on any atom is -0.497 e. The zero-order chi connectivity index (χ0) is 24.1. The van der Waals surface area contributed by atoms with E-state index in [1.54, 1.807) is 0 Å². The summed E-state index contributed by atoms with van der Waals surface area (Å²) < 4.78 is 64.6. The van der Waals surface area contributed by atoms with Gasteiger partial charge in [-0.15, -0.1) is 0 Å². The van der Waals surface area contributed by atoms with Crippen molar-refractivity contribution < 1.29 is 31.1 Å². The number of piperidine rings is 1. The number of methoxy groups -OCH3 is 2. The van der Waals surface area contributed by atoms with E-state index in [4.69, 9.17) is 9.47 Å². The molecular weight excluding hydrogens is 470 g/mol. The van der Waals surface area contributed by atoms with Crippen LogP contribution >= 0.6 is 0 Å². The van der Waals surface area contributed by atoms with Crippen molar-refractivity contribution in [1.82, 2.24) is 9.03 Å². The highest BCUT2D eigenvalue weighted by atomic mass is 32.2. The maximum atomic E-state index is 13.0. The van der Waals surface area contributed by atoms with E-state index in [0.717, 1.165) is 19.3 Å². The maximum Gasteiger partial charge on any atom is 0.243 e. The molecule has 33 heavy (non-hydrogen) atoms. The van der Waals surface area contributed by atoms with E-state index in [-0.39, 0.29) is 21.2 Å². The number of nitrogens with one attached hydrogen (secondary N) is 2. The number of benzene rings is 2. The smallest absolute Gasteiger partial charge is 0.243 e. The van der Waals surface area contributed by atoms with Crippen molar-refractivity contribution in [2.24, 2.45) is 0 Å². The van der Waals surface area contributed by atoms with Crippen LogP contribution in [0.1, 0.15) is 19.3 Å². The molecule has 1 saturated heterocycles. The Hall–Kier alpha value is -2.67. The number of amides is 1. The van der Waals surface area contributed by atoms with Gasteiger partial charge in [0.05, 0.1) is 36.2 Å². The molecule has 0 radical (unpaired) electrons. The normalized spacial score (nSPS) is 15.1. The van der Waals surface area contributed by atoms with Gasteiger partial charge in [-0.2, -0.15) is 4.31 Å². The molecule has 12 heteroatoms. The molecule has 180 valence electrons. The van der Waals surface area contributed by atoms with Crippen molar-refractivity contribution >= 4 is 31.6 Å². The first kappa shape index (κ1) is 25.0. The van der Waals surface area contributed by atoms with E-state index in [1.807, 2.05) is 0 Å². The van der Waals surface area contributed by atoms with Crippen molar-refractivity contribution in [1.29, 1.82) is 0 Å². The van der Waals surface area contributed by atoms with Gasteiger partial charge in [0.2, 0.25) is 26.0 Å². The number of hydrogen-bond donors (Lipinski definition) is 2. The molecule has 3 rings (SSSR count). The Morgan fingerprint density at radius 1 is 0.909 bits per heavy atom. The van der Waals surface area contributed by atoms with Gasteiger partial charge in [0.25, 0.3) is 0 Å². The van der Waals surface area contributed by atoms with Crippen LogP contribution in [0.3, 0.4) is 0 Å². The second-order valence-corrected chi connectivity index (χ2v) is 11.1. The maximum absolute atomic E-state index is 13.0. The van der Waals surface area contributed by atoms with Gasteiger partial charge in [0.15, 0.2) is 0 Å². The van der Waals surface area contributed by atoms with Crippen LogP contribution in [0, 0.1) is 0 Å². The molecule has 0 unspecified atom stereocenters. The van der Waals surface area contributed by atoms with Crippen molar-refractivity contribution in [3.8, 4) is 11.5 Å². The number of carbonyl (C=O) groups excluding carboxylic acids is 1. The van der Waals surface area contributed by atoms with E-state index in [0.29, 0.717) is 18.8 Å². The monoisotopic (exact) mass is 497 g/mol. The lowest BCUT2D eigenvalue weighted by molar-refractivity contribution is -0.115. The predicted molar refractivity (Wildman–Crippen MR) is 122 cm³/mol. The van der Waals surface area contributed by atoms with Crippen LogP contribution in [0.4, 0.5) is 5.69 Å². The fourth-order valence-electron chi connectivity index (χ4n) is 3.39. The first-order valence-electron chi connectivity index (χ1n) is 10.3. The highest BCUT2D eigenvalue weighted by Crippen LogP contribution is 2.30. The van der Waals surface area contributed by atoms with Crippen LogP contribution in [0.5, 0.6) is 11.5 Å². The first-order valence-corrected chi connectivity index (χ1v) is 13.2. The van der Waals surface area contributed by atoms with E-state index >= 15 is 0 Å². The number of anilines is 1. The average Bonchev–Trinajstić information content (AvgIpc) is 2.83. The van der Waals surface area contributed by atoms with Crippen molar-refractivity contribution in [2.75, 3.05) is 39.2 Å². The summed E-state index contributed by atoms with van der Waals surface area (Å²) in [6.07, 6.45) is 2.59. The van der Waals surface area contributed by atoms with Crippen molar-refractivity contribution in [3.63, 3.8) is 0 Å². The number of nitrogens with zero attached hydrogens (tertiary/aromatic N) is 1. The summed E-state index contributed by atoms with van der Waals surface area (Å²) in [6, 6.07) is 9.90. The lowest BCUT2D eigenvalue weighted by Crippen LogP contribution is -2.35. The third kappa shape index (κ3) is 6.02. The molecule has 2 aromatic carbocycles. The van der Waals surface area contributed by atoms with Crippen LogP contribution in [-0.4, -0.2) is 60.9 Å². The number of hydrogen-bond acceptors (Lipinski definition) is 7. The van der Waals surface area contributed by atoms with E-state index in [9.17, 15) is 21.6 Å². The molecule has 1 heterocycles. The van der Waals surface area contributed by atoms with Crippen LogP contribution < -0.4 is 19.5 Å². The summed E-state index contributed by atoms with van der Waals surface area (Å²) in [5.41, 5.74) is 0.129. The van der Waals surface area contributed by atoms with Gasteiger partial charge in [-0.25, -0.2) is 21.6 Å². The summed E-state index contributed by atoms with van der Waals surface area (Å²) in [4.78, 5) is 12.5. The molecule has 0 spiro atoms. The van der Waals surface area contributed by atoms with Crippen molar-refractivity contribution in [3.05, 3.63) is 42.5 Å². The molecule has 0 atom stereocenters. The average molecular weight is 498 g/mol. The number of ether oxygens (including phenoxy) is 2. The fourth-order valence-corrected chi connectivity index (χ4v) is 5.92. The van der Waals surface area contributed by atoms with Gasteiger partial charge >= 0.3 is 0 Å². The Morgan fingerprint density at radius 3 is 2.15 bits per heavy atom. The Kier molecular flexibility index (Phi) is 7.95. The van der Waals surface area contributed by atoms with Gasteiger partial charge in [0.1, 0.15) is 11.5 Å². The minimum atomic E-state index is -3.93. The van der Waals surface area contributed by atoms with Gasteiger partial charge < -0.3 is 14.8 Å². The Bertz CT molecular complexity index is 1190. The number of rotatable bonds is 9. The Labute approximate surface area is 194 Å². The van der Waals surface area contributed by atoms with Gasteiger partial charge in [-0.1, -0.05) is 6.42 Å². The first-order chi connectivity index (χ1) is 15.7. The highest BCUT2D eigenvalue weighted by Gasteiger charge is 2.27. The van der Waals surface area contributed by atoms with E-state index in [1.165, 1.54) is 61.0 Å². The molecule has 1 aliphatic heterocycles. The molecular formula is C21H27N3O7S2. The molecule has 0 aromatic heterocycles. The summed E-state index contributed by atoms with van der Waals surface area (Å²) in [6.45, 7) is 0.340. The minimum absolute atomic E-state index is 0.0247. The molecule has 1 amide bonds. The quantitative estimate of drug-likeness (QED) is 0.540. The fraction of sp³-hybridized carbons (Fsp3) is 0.381. The summed E-state index contributed by atoms with van der Waals surface area (Å²) >= 11 is 0. The standard InChI is InChI=1S/C21H27N3O7S2/c1-30-16-6-8-17(9-7-16)32(26,27)22-15-21(25)23-19-14-18(10-11-20(19)31-2)33(28,29)24-12-4-3-5-13-24/h6-11,14,22H,3-5,12-13,15H2,1-2H3,(H,23,25). The Balaban J connectivity index is 1.72. The van der Waals surface area contributed by atoms with Crippen LogP contribution in [0.2, 0.25) is 0 Å². The second-order valence-electron chi connectivity index (χ2n) is 7.38. The topological polar surface area (TPSA) is 131 Å². The summed E-state index contributed by atoms with van der Waals surface area (Å²) in [5.74, 6) is 0.0649. The summed E-state index contributed by atoms with van der Waals surface area (Å²) in [5, 5.41) is 2.53. The van der Waals surface area contributed by atoms with Gasteiger partial charge in [0, 0.05) is 13.1 Å². The zero-order valence-corrected chi connectivity index (χ0v) is 20.0. The lowest BCUT2D eigenvalue weighted by Gasteiger charge is -2.26. The SMILES string of the molecule is COc1ccc(S(=O)(=O)NCC(=O)Nc2cc(S(=O)(=O)N3CCCCC3)ccc2OC)cc1. The number of carbonyl (C=O) groups is 1. The van der Waals surface area contributed by atoms with Gasteiger partial charge in [-0.3, -0.25) is 4.79 Å². The van der Waals surface area contributed by atoms with Gasteiger partial charge in [-0.05, 0) is 55.3 Å². The third-order valence-electron chi connectivity index (χ3n) is 5.19. The lowest BCUT2D eigenvalue weighted by atomic mass is 10.2. The molecule has 0 bridgehead atoms. The molecule has 10 nitrogen and oxygen atoms in total.